The predicted octanol–water partition coefficient (Wildman–Crippen LogP) is 3.49. The molecule has 7 nitrogen and oxygen atoms in total. The van der Waals surface area contributed by atoms with Gasteiger partial charge in [0.1, 0.15) is 0 Å². The van der Waals surface area contributed by atoms with Crippen molar-refractivity contribution < 1.29 is 14.2 Å². The molecule has 0 aromatic heterocycles. The molecular formula is C25H37IN4O3. The first-order valence-electron chi connectivity index (χ1n) is 11.3. The maximum absolute atomic E-state index is 5.58. The van der Waals surface area contributed by atoms with E-state index in [1.807, 2.05) is 12.1 Å². The minimum absolute atomic E-state index is 0. The molecule has 0 spiro atoms. The van der Waals surface area contributed by atoms with Crippen LogP contribution in [0, 0.1) is 0 Å². The smallest absolute Gasteiger partial charge is 0.191 e. The molecule has 8 heteroatoms. The van der Waals surface area contributed by atoms with Gasteiger partial charge in [-0.2, -0.15) is 0 Å². The van der Waals surface area contributed by atoms with E-state index in [9.17, 15) is 0 Å². The van der Waals surface area contributed by atoms with E-state index < -0.39 is 0 Å². The summed E-state index contributed by atoms with van der Waals surface area (Å²) in [5.41, 5.74) is 2.47. The number of guanidine groups is 1. The van der Waals surface area contributed by atoms with E-state index in [1.165, 1.54) is 5.56 Å². The Labute approximate surface area is 214 Å². The molecule has 2 aromatic carbocycles. The first-order valence-corrected chi connectivity index (χ1v) is 11.3. The number of benzene rings is 2. The van der Waals surface area contributed by atoms with Crippen LogP contribution >= 0.6 is 24.0 Å². The SMILES string of the molecule is CCNC(=NCC(c1ccc(OC)c(OC)c1)N1CCOCC1)NCCc1ccccc1.I. The van der Waals surface area contributed by atoms with Crippen LogP contribution in [0.5, 0.6) is 11.5 Å². The number of methoxy groups -OCH3 is 2. The third-order valence-electron chi connectivity index (χ3n) is 5.59. The second kappa shape index (κ2) is 15.0. The molecule has 33 heavy (non-hydrogen) atoms. The summed E-state index contributed by atoms with van der Waals surface area (Å²) in [5, 5.41) is 6.84. The molecule has 1 saturated heterocycles. The van der Waals surface area contributed by atoms with Crippen molar-refractivity contribution in [2.24, 2.45) is 4.99 Å². The lowest BCUT2D eigenvalue weighted by molar-refractivity contribution is 0.0179. The molecule has 1 fully saturated rings. The van der Waals surface area contributed by atoms with Gasteiger partial charge in [-0.05, 0) is 36.6 Å². The largest absolute Gasteiger partial charge is 0.493 e. The van der Waals surface area contributed by atoms with E-state index in [2.05, 4.69) is 58.9 Å². The highest BCUT2D eigenvalue weighted by molar-refractivity contribution is 14.0. The summed E-state index contributed by atoms with van der Waals surface area (Å²) in [6, 6.07) is 16.8. The fourth-order valence-corrected chi connectivity index (χ4v) is 3.87. The molecule has 1 atom stereocenters. The molecule has 1 unspecified atom stereocenters. The highest BCUT2D eigenvalue weighted by Crippen LogP contribution is 2.32. The van der Waals surface area contributed by atoms with Gasteiger partial charge >= 0.3 is 0 Å². The molecule has 1 aliphatic rings. The zero-order valence-corrected chi connectivity index (χ0v) is 22.2. The number of halogens is 1. The van der Waals surface area contributed by atoms with Crippen molar-refractivity contribution in [2.45, 2.75) is 19.4 Å². The second-order valence-electron chi connectivity index (χ2n) is 7.66. The third-order valence-corrected chi connectivity index (χ3v) is 5.59. The van der Waals surface area contributed by atoms with E-state index in [0.29, 0.717) is 6.54 Å². The van der Waals surface area contributed by atoms with Crippen LogP contribution in [0.25, 0.3) is 0 Å². The van der Waals surface area contributed by atoms with Gasteiger partial charge in [0.15, 0.2) is 17.5 Å². The lowest BCUT2D eigenvalue weighted by Crippen LogP contribution is -2.42. The summed E-state index contributed by atoms with van der Waals surface area (Å²) >= 11 is 0. The van der Waals surface area contributed by atoms with Gasteiger partial charge in [-0.3, -0.25) is 9.89 Å². The Kier molecular flexibility index (Phi) is 12.3. The second-order valence-corrected chi connectivity index (χ2v) is 7.66. The lowest BCUT2D eigenvalue weighted by atomic mass is 10.0. The number of morpholine rings is 1. The van der Waals surface area contributed by atoms with Crippen molar-refractivity contribution in [2.75, 3.05) is 60.2 Å². The molecule has 0 radical (unpaired) electrons. The Bertz CT molecular complexity index is 845. The highest BCUT2D eigenvalue weighted by atomic mass is 127. The summed E-state index contributed by atoms with van der Waals surface area (Å²) in [7, 11) is 3.33. The molecule has 2 aromatic rings. The van der Waals surface area contributed by atoms with Gasteiger partial charge in [0.05, 0.1) is 40.0 Å². The molecule has 0 bridgehead atoms. The van der Waals surface area contributed by atoms with E-state index >= 15 is 0 Å². The number of hydrogen-bond donors (Lipinski definition) is 2. The first-order chi connectivity index (χ1) is 15.7. The van der Waals surface area contributed by atoms with Gasteiger partial charge in [-0.25, -0.2) is 0 Å². The van der Waals surface area contributed by atoms with Crippen molar-refractivity contribution in [3.05, 3.63) is 59.7 Å². The summed E-state index contributed by atoms with van der Waals surface area (Å²) in [4.78, 5) is 7.37. The molecule has 1 heterocycles. The normalized spacial score (nSPS) is 15.3. The van der Waals surface area contributed by atoms with Crippen LogP contribution in [0.3, 0.4) is 0 Å². The fraction of sp³-hybridized carbons (Fsp3) is 0.480. The van der Waals surface area contributed by atoms with E-state index in [1.54, 1.807) is 14.2 Å². The van der Waals surface area contributed by atoms with Gasteiger partial charge in [-0.15, -0.1) is 24.0 Å². The molecule has 0 saturated carbocycles. The molecule has 182 valence electrons. The monoisotopic (exact) mass is 568 g/mol. The number of rotatable bonds is 10. The van der Waals surface area contributed by atoms with Crippen LogP contribution in [-0.4, -0.2) is 71.0 Å². The average molecular weight is 569 g/mol. The lowest BCUT2D eigenvalue weighted by Gasteiger charge is -2.34. The Hall–Kier alpha value is -2.04. The first kappa shape index (κ1) is 27.2. The number of hydrogen-bond acceptors (Lipinski definition) is 5. The van der Waals surface area contributed by atoms with Gasteiger partial charge in [0.25, 0.3) is 0 Å². The molecule has 3 rings (SSSR count). The standard InChI is InChI=1S/C25H36N4O3.HI/c1-4-26-25(27-13-12-20-8-6-5-7-9-20)28-19-22(29-14-16-32-17-15-29)21-10-11-23(30-2)24(18-21)31-3;/h5-11,18,22H,4,12-17,19H2,1-3H3,(H2,26,27,28);1H. The fourth-order valence-electron chi connectivity index (χ4n) is 3.87. The zero-order chi connectivity index (χ0) is 22.6. The Morgan fingerprint density at radius 1 is 1.03 bits per heavy atom. The average Bonchev–Trinajstić information content (AvgIpc) is 2.85. The van der Waals surface area contributed by atoms with Gasteiger partial charge < -0.3 is 24.8 Å². The van der Waals surface area contributed by atoms with Crippen molar-refractivity contribution in [1.82, 2.24) is 15.5 Å². The van der Waals surface area contributed by atoms with Gasteiger partial charge in [-0.1, -0.05) is 36.4 Å². The number of nitrogens with zero attached hydrogens (tertiary/aromatic N) is 2. The maximum atomic E-state index is 5.58. The summed E-state index contributed by atoms with van der Waals surface area (Å²) < 4.78 is 16.5. The van der Waals surface area contributed by atoms with Crippen LogP contribution in [0.15, 0.2) is 53.5 Å². The van der Waals surface area contributed by atoms with Crippen molar-refractivity contribution in [1.29, 1.82) is 0 Å². The molecule has 2 N–H and O–H groups in total. The quantitative estimate of drug-likeness (QED) is 0.260. The molecule has 0 aliphatic carbocycles. The molecule has 0 amide bonds. The van der Waals surface area contributed by atoms with E-state index in [-0.39, 0.29) is 30.0 Å². The molecule has 1 aliphatic heterocycles. The van der Waals surface area contributed by atoms with Gasteiger partial charge in [0.2, 0.25) is 0 Å². The van der Waals surface area contributed by atoms with Crippen LogP contribution in [-0.2, 0) is 11.2 Å². The Morgan fingerprint density at radius 3 is 2.42 bits per heavy atom. The Balaban J connectivity index is 0.00000385. The molecular weight excluding hydrogens is 531 g/mol. The predicted molar refractivity (Wildman–Crippen MR) is 144 cm³/mol. The van der Waals surface area contributed by atoms with E-state index in [0.717, 1.165) is 68.8 Å². The minimum Gasteiger partial charge on any atom is -0.493 e. The Morgan fingerprint density at radius 2 is 1.76 bits per heavy atom. The van der Waals surface area contributed by atoms with Gasteiger partial charge in [0, 0.05) is 26.2 Å². The van der Waals surface area contributed by atoms with Crippen LogP contribution in [0.1, 0.15) is 24.1 Å². The zero-order valence-electron chi connectivity index (χ0n) is 19.9. The topological polar surface area (TPSA) is 67.4 Å². The summed E-state index contributed by atoms with van der Waals surface area (Å²) in [6.07, 6.45) is 0.952. The highest BCUT2D eigenvalue weighted by Gasteiger charge is 2.24. The minimum atomic E-state index is 0. The van der Waals surface area contributed by atoms with Crippen molar-refractivity contribution in [3.8, 4) is 11.5 Å². The van der Waals surface area contributed by atoms with Crippen molar-refractivity contribution >= 4 is 29.9 Å². The third kappa shape index (κ3) is 8.35. The maximum Gasteiger partial charge on any atom is 0.191 e. The van der Waals surface area contributed by atoms with Crippen LogP contribution < -0.4 is 20.1 Å². The van der Waals surface area contributed by atoms with Crippen LogP contribution in [0.2, 0.25) is 0 Å². The van der Waals surface area contributed by atoms with Crippen molar-refractivity contribution in [3.63, 3.8) is 0 Å². The summed E-state index contributed by atoms with van der Waals surface area (Å²) in [5.74, 6) is 2.30. The number of ether oxygens (including phenoxy) is 3. The number of aliphatic imine (C=N–C) groups is 1. The number of nitrogens with one attached hydrogen (secondary N) is 2. The summed E-state index contributed by atoms with van der Waals surface area (Å²) in [6.45, 7) is 7.60. The van der Waals surface area contributed by atoms with E-state index in [4.69, 9.17) is 19.2 Å². The van der Waals surface area contributed by atoms with Crippen LogP contribution in [0.4, 0.5) is 0 Å².